The van der Waals surface area contributed by atoms with E-state index in [0.29, 0.717) is 5.28 Å². The van der Waals surface area contributed by atoms with Crippen molar-refractivity contribution < 1.29 is 4.74 Å². The predicted molar refractivity (Wildman–Crippen MR) is 57.7 cm³/mol. The van der Waals surface area contributed by atoms with Crippen LogP contribution in [0.1, 0.15) is 5.82 Å². The summed E-state index contributed by atoms with van der Waals surface area (Å²) < 4.78 is 6.89. The highest BCUT2D eigenvalue weighted by Gasteiger charge is 2.08. The molecule has 0 amide bonds. The monoisotopic (exact) mass is 223 g/mol. The Morgan fingerprint density at radius 2 is 2.13 bits per heavy atom. The maximum Gasteiger partial charge on any atom is 0.229 e. The zero-order valence-corrected chi connectivity index (χ0v) is 9.19. The van der Waals surface area contributed by atoms with E-state index in [4.69, 9.17) is 16.3 Å². The van der Waals surface area contributed by atoms with E-state index in [1.165, 1.54) is 0 Å². The van der Waals surface area contributed by atoms with Crippen LogP contribution < -0.4 is 4.74 Å². The maximum absolute atomic E-state index is 5.92. The van der Waals surface area contributed by atoms with E-state index in [2.05, 4.69) is 10.2 Å². The van der Waals surface area contributed by atoms with Gasteiger partial charge in [-0.1, -0.05) is 6.07 Å². The van der Waals surface area contributed by atoms with Crippen LogP contribution in [0.5, 0.6) is 5.75 Å². The second kappa shape index (κ2) is 3.90. The van der Waals surface area contributed by atoms with Gasteiger partial charge in [0.05, 0.1) is 12.8 Å². The Kier molecular flexibility index (Phi) is 2.60. The number of rotatable bonds is 2. The molecule has 5 heteroatoms. The van der Waals surface area contributed by atoms with Crippen molar-refractivity contribution in [2.24, 2.45) is 0 Å². The standard InChI is InChI=1S/C10H10ClN3O/c1-7-12-13-10(11)14(7)8-4-3-5-9(6-8)15-2/h3-6H,1-2H3. The van der Waals surface area contributed by atoms with Crippen LogP contribution in [0.2, 0.25) is 5.28 Å². The molecule has 0 aliphatic carbocycles. The highest BCUT2D eigenvalue weighted by molar-refractivity contribution is 6.28. The smallest absolute Gasteiger partial charge is 0.229 e. The maximum atomic E-state index is 5.92. The molecule has 1 aromatic heterocycles. The minimum absolute atomic E-state index is 0.348. The molecule has 0 bridgehead atoms. The van der Waals surface area contributed by atoms with Crippen molar-refractivity contribution in [3.05, 3.63) is 35.4 Å². The van der Waals surface area contributed by atoms with Crippen molar-refractivity contribution >= 4 is 11.6 Å². The molecule has 2 aromatic rings. The molecule has 0 aliphatic rings. The number of aryl methyl sites for hydroxylation is 1. The Bertz CT molecular complexity index is 462. The molecule has 0 fully saturated rings. The Morgan fingerprint density at radius 3 is 2.73 bits per heavy atom. The third kappa shape index (κ3) is 1.80. The first-order valence-electron chi connectivity index (χ1n) is 4.44. The SMILES string of the molecule is COc1cccc(-n2c(C)nnc2Cl)c1. The molecule has 0 saturated carbocycles. The van der Waals surface area contributed by atoms with Gasteiger partial charge in [-0.15, -0.1) is 10.2 Å². The number of benzene rings is 1. The number of ether oxygens (including phenoxy) is 1. The van der Waals surface area contributed by atoms with Crippen LogP contribution in [-0.4, -0.2) is 21.9 Å². The van der Waals surface area contributed by atoms with E-state index in [0.717, 1.165) is 17.3 Å². The molecule has 0 spiro atoms. The van der Waals surface area contributed by atoms with Crippen LogP contribution in [0.15, 0.2) is 24.3 Å². The molecule has 78 valence electrons. The van der Waals surface area contributed by atoms with Gasteiger partial charge in [0.25, 0.3) is 0 Å². The van der Waals surface area contributed by atoms with Gasteiger partial charge in [-0.05, 0) is 30.7 Å². The Labute approximate surface area is 92.5 Å². The fourth-order valence-electron chi connectivity index (χ4n) is 1.38. The van der Waals surface area contributed by atoms with Crippen LogP contribution >= 0.6 is 11.6 Å². The number of aromatic nitrogens is 3. The van der Waals surface area contributed by atoms with E-state index in [-0.39, 0.29) is 0 Å². The third-order valence-electron chi connectivity index (χ3n) is 2.10. The van der Waals surface area contributed by atoms with Crippen molar-refractivity contribution in [3.8, 4) is 11.4 Å². The predicted octanol–water partition coefficient (Wildman–Crippen LogP) is 2.24. The highest BCUT2D eigenvalue weighted by Crippen LogP contribution is 2.20. The summed E-state index contributed by atoms with van der Waals surface area (Å²) in [7, 11) is 1.62. The second-order valence-corrected chi connectivity index (χ2v) is 3.39. The molecule has 0 aliphatic heterocycles. The zero-order valence-electron chi connectivity index (χ0n) is 8.44. The lowest BCUT2D eigenvalue weighted by Crippen LogP contribution is -1.97. The second-order valence-electron chi connectivity index (χ2n) is 3.05. The molecular formula is C10H10ClN3O. The summed E-state index contributed by atoms with van der Waals surface area (Å²) in [4.78, 5) is 0. The summed E-state index contributed by atoms with van der Waals surface area (Å²) in [6, 6.07) is 7.56. The lowest BCUT2D eigenvalue weighted by Gasteiger charge is -2.06. The van der Waals surface area contributed by atoms with Gasteiger partial charge in [0.15, 0.2) is 0 Å². The topological polar surface area (TPSA) is 39.9 Å². The van der Waals surface area contributed by atoms with E-state index in [1.807, 2.05) is 31.2 Å². The van der Waals surface area contributed by atoms with Crippen LogP contribution in [0.25, 0.3) is 5.69 Å². The minimum Gasteiger partial charge on any atom is -0.497 e. The summed E-state index contributed by atoms with van der Waals surface area (Å²) >= 11 is 5.92. The largest absolute Gasteiger partial charge is 0.497 e. The van der Waals surface area contributed by atoms with Crippen molar-refractivity contribution in [2.45, 2.75) is 6.92 Å². The van der Waals surface area contributed by atoms with Gasteiger partial charge in [0.1, 0.15) is 11.6 Å². The summed E-state index contributed by atoms with van der Waals surface area (Å²) in [6.45, 7) is 1.85. The fourth-order valence-corrected chi connectivity index (χ4v) is 1.64. The molecule has 0 N–H and O–H groups in total. The molecule has 1 aromatic carbocycles. The molecule has 0 unspecified atom stereocenters. The lowest BCUT2D eigenvalue weighted by atomic mass is 10.3. The summed E-state index contributed by atoms with van der Waals surface area (Å²) in [5.41, 5.74) is 0.891. The Morgan fingerprint density at radius 1 is 1.33 bits per heavy atom. The molecule has 0 saturated heterocycles. The van der Waals surface area contributed by atoms with Gasteiger partial charge >= 0.3 is 0 Å². The quantitative estimate of drug-likeness (QED) is 0.784. The fraction of sp³-hybridized carbons (Fsp3) is 0.200. The van der Waals surface area contributed by atoms with E-state index >= 15 is 0 Å². The van der Waals surface area contributed by atoms with Crippen molar-refractivity contribution in [1.29, 1.82) is 0 Å². The molecule has 2 rings (SSSR count). The van der Waals surface area contributed by atoms with Crippen molar-refractivity contribution in [1.82, 2.24) is 14.8 Å². The highest BCUT2D eigenvalue weighted by atomic mass is 35.5. The van der Waals surface area contributed by atoms with E-state index in [1.54, 1.807) is 11.7 Å². The molecule has 15 heavy (non-hydrogen) atoms. The summed E-state index contributed by atoms with van der Waals surface area (Å²) in [6.07, 6.45) is 0. The number of methoxy groups -OCH3 is 1. The Balaban J connectivity index is 2.53. The minimum atomic E-state index is 0.348. The molecule has 4 nitrogen and oxygen atoms in total. The lowest BCUT2D eigenvalue weighted by molar-refractivity contribution is 0.414. The van der Waals surface area contributed by atoms with Gasteiger partial charge < -0.3 is 4.74 Å². The van der Waals surface area contributed by atoms with Gasteiger partial charge in [0, 0.05) is 6.07 Å². The van der Waals surface area contributed by atoms with Crippen LogP contribution in [0.3, 0.4) is 0 Å². The van der Waals surface area contributed by atoms with Gasteiger partial charge in [-0.2, -0.15) is 0 Å². The van der Waals surface area contributed by atoms with E-state index in [9.17, 15) is 0 Å². The molecule has 1 heterocycles. The van der Waals surface area contributed by atoms with Crippen LogP contribution in [-0.2, 0) is 0 Å². The first kappa shape index (κ1) is 9.98. The van der Waals surface area contributed by atoms with Crippen LogP contribution in [0.4, 0.5) is 0 Å². The molecule has 0 radical (unpaired) electrons. The van der Waals surface area contributed by atoms with Gasteiger partial charge in [-0.3, -0.25) is 4.57 Å². The number of hydrogen-bond acceptors (Lipinski definition) is 3. The number of hydrogen-bond donors (Lipinski definition) is 0. The van der Waals surface area contributed by atoms with Gasteiger partial charge in [-0.25, -0.2) is 0 Å². The molecular weight excluding hydrogens is 214 g/mol. The summed E-state index contributed by atoms with van der Waals surface area (Å²) in [5, 5.41) is 8.02. The van der Waals surface area contributed by atoms with Crippen molar-refractivity contribution in [2.75, 3.05) is 7.11 Å². The Hall–Kier alpha value is -1.55. The van der Waals surface area contributed by atoms with Crippen LogP contribution in [0, 0.1) is 6.92 Å². The summed E-state index contributed by atoms with van der Waals surface area (Å²) in [5.74, 6) is 1.52. The zero-order chi connectivity index (χ0) is 10.8. The number of nitrogens with zero attached hydrogens (tertiary/aromatic N) is 3. The first-order valence-corrected chi connectivity index (χ1v) is 4.82. The molecule has 0 atom stereocenters. The first-order chi connectivity index (χ1) is 7.22. The van der Waals surface area contributed by atoms with Crippen molar-refractivity contribution in [3.63, 3.8) is 0 Å². The number of halogens is 1. The van der Waals surface area contributed by atoms with E-state index < -0.39 is 0 Å². The average Bonchev–Trinajstić information content (AvgIpc) is 2.59. The normalized spacial score (nSPS) is 10.3. The van der Waals surface area contributed by atoms with Gasteiger partial charge in [0.2, 0.25) is 5.28 Å². The third-order valence-corrected chi connectivity index (χ3v) is 2.34. The average molecular weight is 224 g/mol.